The molecule has 3 rings (SSSR count). The van der Waals surface area contributed by atoms with Crippen LogP contribution in [0.1, 0.15) is 10.0 Å². The second-order valence-electron chi connectivity index (χ2n) is 4.95. The standard InChI is InChI=1S/C14H6F6N2O2S2/c15-13(16,17)9(23)3-11-21-5-1-7-6(2-8(5)26-11)22-12(25-7)4-10(24)14(18,19)20/h1-4,23-24H. The molecule has 0 amide bonds. The van der Waals surface area contributed by atoms with Gasteiger partial charge in [0.1, 0.15) is 10.0 Å². The normalized spacial score (nSPS) is 14.5. The lowest BCUT2D eigenvalue weighted by atomic mass is 10.3. The minimum absolute atomic E-state index is 0.0812. The number of aromatic nitrogens is 2. The Morgan fingerprint density at radius 2 is 1.12 bits per heavy atom. The first-order valence-electron chi connectivity index (χ1n) is 6.60. The summed E-state index contributed by atoms with van der Waals surface area (Å²) in [6.07, 6.45) is -8.80. The quantitative estimate of drug-likeness (QED) is 0.411. The molecule has 12 heteroatoms. The van der Waals surface area contributed by atoms with Gasteiger partial charge >= 0.3 is 12.4 Å². The van der Waals surface area contributed by atoms with Crippen molar-refractivity contribution in [2.45, 2.75) is 12.4 Å². The van der Waals surface area contributed by atoms with Gasteiger partial charge < -0.3 is 10.2 Å². The van der Waals surface area contributed by atoms with E-state index in [1.807, 2.05) is 0 Å². The molecule has 0 aliphatic rings. The summed E-state index contributed by atoms with van der Waals surface area (Å²) < 4.78 is 75.0. The van der Waals surface area contributed by atoms with Gasteiger partial charge in [0.15, 0.2) is 0 Å². The topological polar surface area (TPSA) is 66.2 Å². The van der Waals surface area contributed by atoms with Gasteiger partial charge in [0, 0.05) is 12.2 Å². The first kappa shape index (κ1) is 18.5. The number of halogens is 6. The van der Waals surface area contributed by atoms with Crippen molar-refractivity contribution in [3.8, 4) is 0 Å². The van der Waals surface area contributed by atoms with Crippen molar-refractivity contribution in [3.05, 3.63) is 33.7 Å². The third-order valence-corrected chi connectivity index (χ3v) is 4.96. The number of nitrogens with zero attached hydrogens (tertiary/aromatic N) is 2. The summed E-state index contributed by atoms with van der Waals surface area (Å²) >= 11 is 1.71. The van der Waals surface area contributed by atoms with Crippen molar-refractivity contribution in [1.82, 2.24) is 9.97 Å². The van der Waals surface area contributed by atoms with Gasteiger partial charge in [-0.1, -0.05) is 0 Å². The fourth-order valence-corrected chi connectivity index (χ4v) is 3.75. The molecule has 0 spiro atoms. The van der Waals surface area contributed by atoms with Crippen LogP contribution in [0.5, 0.6) is 0 Å². The predicted molar refractivity (Wildman–Crippen MR) is 86.1 cm³/mol. The van der Waals surface area contributed by atoms with Crippen LogP contribution in [-0.4, -0.2) is 32.5 Å². The molecule has 0 saturated heterocycles. The molecule has 138 valence electrons. The fraction of sp³-hybridized carbons (Fsp3) is 0.143. The highest BCUT2D eigenvalue weighted by atomic mass is 32.1. The number of rotatable bonds is 2. The average Bonchev–Trinajstić information content (AvgIpc) is 3.03. The van der Waals surface area contributed by atoms with E-state index in [1.165, 1.54) is 12.1 Å². The third-order valence-electron chi connectivity index (χ3n) is 3.03. The molecule has 0 bridgehead atoms. The number of aliphatic hydroxyl groups excluding tert-OH is 2. The molecular weight excluding hydrogens is 406 g/mol. The minimum Gasteiger partial charge on any atom is -0.504 e. The first-order chi connectivity index (χ1) is 11.9. The van der Waals surface area contributed by atoms with E-state index in [4.69, 9.17) is 10.2 Å². The minimum atomic E-state index is -4.89. The van der Waals surface area contributed by atoms with Crippen molar-refractivity contribution in [3.63, 3.8) is 0 Å². The summed E-state index contributed by atoms with van der Waals surface area (Å²) in [5.74, 6) is -3.57. The lowest BCUT2D eigenvalue weighted by molar-refractivity contribution is -0.119. The Kier molecular flexibility index (Phi) is 4.35. The summed E-state index contributed by atoms with van der Waals surface area (Å²) in [6, 6.07) is 2.92. The molecule has 0 saturated carbocycles. The van der Waals surface area contributed by atoms with E-state index in [1.54, 1.807) is 0 Å². The molecule has 0 aliphatic carbocycles. The zero-order chi connectivity index (χ0) is 19.3. The van der Waals surface area contributed by atoms with E-state index in [2.05, 4.69) is 9.97 Å². The number of benzene rings is 1. The summed E-state index contributed by atoms with van der Waals surface area (Å²) in [4.78, 5) is 7.88. The maximum atomic E-state index is 12.3. The van der Waals surface area contributed by atoms with Gasteiger partial charge in [0.25, 0.3) is 0 Å². The number of allylic oxidation sites excluding steroid dienone is 2. The number of aliphatic hydroxyl groups is 2. The van der Waals surface area contributed by atoms with Crippen molar-refractivity contribution >= 4 is 55.3 Å². The first-order valence-corrected chi connectivity index (χ1v) is 8.23. The maximum Gasteiger partial charge on any atom is 0.448 e. The van der Waals surface area contributed by atoms with E-state index in [0.717, 1.165) is 22.7 Å². The number of hydrogen-bond donors (Lipinski definition) is 2. The van der Waals surface area contributed by atoms with Crippen LogP contribution in [0.2, 0.25) is 0 Å². The van der Waals surface area contributed by atoms with E-state index in [9.17, 15) is 26.3 Å². The smallest absolute Gasteiger partial charge is 0.448 e. The molecule has 26 heavy (non-hydrogen) atoms. The van der Waals surface area contributed by atoms with Crippen LogP contribution in [-0.2, 0) is 0 Å². The van der Waals surface area contributed by atoms with Crippen LogP contribution < -0.4 is 0 Å². The Balaban J connectivity index is 2.01. The lowest BCUT2D eigenvalue weighted by Gasteiger charge is -2.02. The lowest BCUT2D eigenvalue weighted by Crippen LogP contribution is -2.10. The highest BCUT2D eigenvalue weighted by Crippen LogP contribution is 2.34. The number of hydrogen-bond acceptors (Lipinski definition) is 6. The number of fused-ring (bicyclic) bond motifs is 2. The molecular formula is C14H6F6N2O2S2. The van der Waals surface area contributed by atoms with Crippen molar-refractivity contribution in [2.75, 3.05) is 0 Å². The van der Waals surface area contributed by atoms with Crippen LogP contribution in [0.25, 0.3) is 32.6 Å². The Bertz CT molecular complexity index is 915. The molecule has 0 fully saturated rings. The van der Waals surface area contributed by atoms with Crippen LogP contribution >= 0.6 is 22.7 Å². The molecule has 0 unspecified atom stereocenters. The molecule has 2 heterocycles. The van der Waals surface area contributed by atoms with Crippen LogP contribution in [0.15, 0.2) is 23.7 Å². The van der Waals surface area contributed by atoms with Crippen LogP contribution in [0.3, 0.4) is 0 Å². The summed E-state index contributed by atoms with van der Waals surface area (Å²) in [7, 11) is 0. The molecule has 0 aliphatic heterocycles. The largest absolute Gasteiger partial charge is 0.504 e. The molecule has 4 nitrogen and oxygen atoms in total. The van der Waals surface area contributed by atoms with Crippen molar-refractivity contribution < 1.29 is 36.6 Å². The van der Waals surface area contributed by atoms with Gasteiger partial charge in [-0.05, 0) is 12.1 Å². The second kappa shape index (κ2) is 6.13. The van der Waals surface area contributed by atoms with E-state index >= 15 is 0 Å². The highest BCUT2D eigenvalue weighted by Gasteiger charge is 2.34. The monoisotopic (exact) mass is 412 g/mol. The summed E-state index contributed by atoms with van der Waals surface area (Å²) in [5.41, 5.74) is 0.617. The van der Waals surface area contributed by atoms with Gasteiger partial charge in [0.05, 0.1) is 20.4 Å². The third kappa shape index (κ3) is 3.75. The van der Waals surface area contributed by atoms with Gasteiger partial charge in [-0.2, -0.15) is 26.3 Å². The zero-order valence-electron chi connectivity index (χ0n) is 12.2. The fourth-order valence-electron chi connectivity index (χ4n) is 1.91. The van der Waals surface area contributed by atoms with E-state index < -0.39 is 23.9 Å². The Hall–Kier alpha value is -2.34. The molecule has 3 aromatic rings. The van der Waals surface area contributed by atoms with Gasteiger partial charge in [-0.3, -0.25) is 0 Å². The summed E-state index contributed by atoms with van der Waals surface area (Å²) in [6.45, 7) is 0. The highest BCUT2D eigenvalue weighted by molar-refractivity contribution is 7.20. The maximum absolute atomic E-state index is 12.3. The average molecular weight is 412 g/mol. The van der Waals surface area contributed by atoms with Gasteiger partial charge in [-0.15, -0.1) is 22.7 Å². The summed E-state index contributed by atoms with van der Waals surface area (Å²) in [5, 5.41) is 17.8. The molecule has 0 atom stereocenters. The van der Waals surface area contributed by atoms with E-state index in [0.29, 0.717) is 32.6 Å². The SMILES string of the molecule is OC(=Cc1nc2cc3sc(C=C(O)C(F)(F)F)nc3cc2s1)C(F)(F)F. The molecule has 2 N–H and O–H groups in total. The second-order valence-corrected chi connectivity index (χ2v) is 7.07. The molecule has 1 aromatic carbocycles. The Labute approximate surface area is 148 Å². The van der Waals surface area contributed by atoms with Crippen molar-refractivity contribution in [2.24, 2.45) is 0 Å². The van der Waals surface area contributed by atoms with Crippen molar-refractivity contribution in [1.29, 1.82) is 0 Å². The predicted octanol–water partition coefficient (Wildman–Crippen LogP) is 5.83. The molecule has 0 radical (unpaired) electrons. The molecule has 2 aromatic heterocycles. The number of alkyl halides is 6. The number of thiazole rings is 2. The van der Waals surface area contributed by atoms with Crippen LogP contribution in [0.4, 0.5) is 26.3 Å². The Morgan fingerprint density at radius 1 is 0.769 bits per heavy atom. The van der Waals surface area contributed by atoms with E-state index in [-0.39, 0.29) is 10.0 Å². The zero-order valence-corrected chi connectivity index (χ0v) is 13.8. The van der Waals surface area contributed by atoms with Gasteiger partial charge in [-0.25, -0.2) is 9.97 Å². The van der Waals surface area contributed by atoms with Gasteiger partial charge in [0.2, 0.25) is 11.5 Å². The Morgan fingerprint density at radius 3 is 1.42 bits per heavy atom. The van der Waals surface area contributed by atoms with Crippen LogP contribution in [0, 0.1) is 0 Å².